The Hall–Kier alpha value is -3.07. The van der Waals surface area contributed by atoms with Gasteiger partial charge in [0.05, 0.1) is 27.4 Å². The molecule has 138 valence electrons. The molecule has 1 aliphatic rings. The first-order valence-corrected chi connectivity index (χ1v) is 9.34. The molecule has 3 heterocycles. The number of fused-ring (bicyclic) bond motifs is 1. The maximum Gasteiger partial charge on any atom is 0.285 e. The standard InChI is InChI=1S/C18H16N4O4S/c23-16-8-7-12(22(25)26)10-20(16)11-17(24)21-9-3-5-14(21)18-19-13-4-1-2-6-15(13)27-18/h1-2,4,6-8,10,14H,3,5,9,11H2. The van der Waals surface area contributed by atoms with Gasteiger partial charge in [-0.2, -0.15) is 0 Å². The summed E-state index contributed by atoms with van der Waals surface area (Å²) in [6, 6.07) is 9.96. The van der Waals surface area contributed by atoms with Crippen molar-refractivity contribution in [2.75, 3.05) is 6.54 Å². The highest BCUT2D eigenvalue weighted by atomic mass is 32.1. The summed E-state index contributed by atoms with van der Waals surface area (Å²) in [4.78, 5) is 41.5. The third kappa shape index (κ3) is 3.33. The van der Waals surface area contributed by atoms with Crippen LogP contribution in [0.25, 0.3) is 10.2 Å². The minimum absolute atomic E-state index is 0.121. The van der Waals surface area contributed by atoms with Gasteiger partial charge in [0.15, 0.2) is 0 Å². The number of carbonyl (C=O) groups is 1. The molecule has 0 bridgehead atoms. The van der Waals surface area contributed by atoms with E-state index in [1.807, 2.05) is 24.3 Å². The molecule has 0 N–H and O–H groups in total. The highest BCUT2D eigenvalue weighted by molar-refractivity contribution is 7.18. The number of aromatic nitrogens is 2. The van der Waals surface area contributed by atoms with Crippen molar-refractivity contribution in [3.63, 3.8) is 0 Å². The highest BCUT2D eigenvalue weighted by Gasteiger charge is 2.32. The van der Waals surface area contributed by atoms with Gasteiger partial charge in [0.2, 0.25) is 5.91 Å². The lowest BCUT2D eigenvalue weighted by Gasteiger charge is -2.23. The van der Waals surface area contributed by atoms with E-state index in [4.69, 9.17) is 0 Å². The number of hydrogen-bond donors (Lipinski definition) is 0. The van der Waals surface area contributed by atoms with Crippen molar-refractivity contribution in [3.05, 3.63) is 68.1 Å². The molecular formula is C18H16N4O4S. The van der Waals surface area contributed by atoms with Crippen LogP contribution < -0.4 is 5.56 Å². The third-order valence-electron chi connectivity index (χ3n) is 4.65. The van der Waals surface area contributed by atoms with Crippen LogP contribution in [0.1, 0.15) is 23.9 Å². The Balaban J connectivity index is 1.58. The summed E-state index contributed by atoms with van der Waals surface area (Å²) < 4.78 is 2.16. The number of para-hydroxylation sites is 1. The third-order valence-corrected chi connectivity index (χ3v) is 5.79. The first kappa shape index (κ1) is 17.3. The maximum atomic E-state index is 12.8. The minimum Gasteiger partial charge on any atom is -0.332 e. The topological polar surface area (TPSA) is 98.3 Å². The molecule has 1 unspecified atom stereocenters. The lowest BCUT2D eigenvalue weighted by atomic mass is 10.2. The summed E-state index contributed by atoms with van der Waals surface area (Å²) in [5.74, 6) is -0.237. The van der Waals surface area contributed by atoms with Gasteiger partial charge in [0, 0.05) is 18.7 Å². The van der Waals surface area contributed by atoms with Gasteiger partial charge >= 0.3 is 0 Å². The molecule has 0 radical (unpaired) electrons. The van der Waals surface area contributed by atoms with Crippen molar-refractivity contribution in [3.8, 4) is 0 Å². The van der Waals surface area contributed by atoms with Gasteiger partial charge in [-0.3, -0.25) is 24.3 Å². The molecule has 3 aromatic rings. The first-order valence-electron chi connectivity index (χ1n) is 8.53. The molecule has 0 spiro atoms. The number of amides is 1. The van der Waals surface area contributed by atoms with Gasteiger partial charge in [-0.05, 0) is 25.0 Å². The lowest BCUT2D eigenvalue weighted by molar-refractivity contribution is -0.385. The molecule has 2 aromatic heterocycles. The largest absolute Gasteiger partial charge is 0.332 e. The molecule has 1 atom stereocenters. The zero-order valence-electron chi connectivity index (χ0n) is 14.3. The van der Waals surface area contributed by atoms with Crippen molar-refractivity contribution in [1.82, 2.24) is 14.5 Å². The van der Waals surface area contributed by atoms with E-state index in [9.17, 15) is 19.7 Å². The van der Waals surface area contributed by atoms with Crippen LogP contribution in [0, 0.1) is 10.1 Å². The molecule has 9 heteroatoms. The number of nitro groups is 1. The molecule has 1 aliphatic heterocycles. The fourth-order valence-corrected chi connectivity index (χ4v) is 4.46. The van der Waals surface area contributed by atoms with E-state index < -0.39 is 10.5 Å². The molecule has 1 amide bonds. The Bertz CT molecular complexity index is 1060. The molecule has 1 saturated heterocycles. The first-order chi connectivity index (χ1) is 13.0. The summed E-state index contributed by atoms with van der Waals surface area (Å²) in [5.41, 5.74) is 0.253. The predicted molar refractivity (Wildman–Crippen MR) is 101 cm³/mol. The minimum atomic E-state index is -0.583. The molecule has 1 fully saturated rings. The smallest absolute Gasteiger partial charge is 0.285 e. The van der Waals surface area contributed by atoms with Crippen molar-refractivity contribution in [1.29, 1.82) is 0 Å². The molecule has 4 rings (SSSR count). The van der Waals surface area contributed by atoms with Crippen molar-refractivity contribution in [2.45, 2.75) is 25.4 Å². The van der Waals surface area contributed by atoms with E-state index in [0.29, 0.717) is 6.54 Å². The second-order valence-electron chi connectivity index (χ2n) is 6.38. The summed E-state index contributed by atoms with van der Waals surface area (Å²) in [5, 5.41) is 11.8. The Morgan fingerprint density at radius 1 is 1.30 bits per heavy atom. The Labute approximate surface area is 157 Å². The number of benzene rings is 1. The van der Waals surface area contributed by atoms with E-state index >= 15 is 0 Å². The number of carbonyl (C=O) groups excluding carboxylic acids is 1. The van der Waals surface area contributed by atoms with Crippen LogP contribution >= 0.6 is 11.3 Å². The molecule has 8 nitrogen and oxygen atoms in total. The zero-order valence-corrected chi connectivity index (χ0v) is 15.1. The van der Waals surface area contributed by atoms with Gasteiger partial charge in [-0.1, -0.05) is 12.1 Å². The van der Waals surface area contributed by atoms with E-state index in [1.165, 1.54) is 0 Å². The van der Waals surface area contributed by atoms with Crippen molar-refractivity contribution < 1.29 is 9.72 Å². The lowest BCUT2D eigenvalue weighted by Crippen LogP contribution is -2.36. The monoisotopic (exact) mass is 384 g/mol. The Morgan fingerprint density at radius 2 is 2.11 bits per heavy atom. The van der Waals surface area contributed by atoms with Crippen LogP contribution in [0.3, 0.4) is 0 Å². The number of rotatable bonds is 4. The SMILES string of the molecule is O=C(Cn1cc([N+](=O)[O-])ccc1=O)N1CCCC1c1nc2ccccc2s1. The van der Waals surface area contributed by atoms with E-state index in [-0.39, 0.29) is 24.2 Å². The number of pyridine rings is 1. The average molecular weight is 384 g/mol. The van der Waals surface area contributed by atoms with Crippen molar-refractivity contribution in [2.24, 2.45) is 0 Å². The van der Waals surface area contributed by atoms with E-state index in [0.717, 1.165) is 51.0 Å². The van der Waals surface area contributed by atoms with Gasteiger partial charge < -0.3 is 4.90 Å². The van der Waals surface area contributed by atoms with Gasteiger partial charge in [-0.15, -0.1) is 11.3 Å². The van der Waals surface area contributed by atoms with E-state index in [2.05, 4.69) is 4.98 Å². The number of nitrogens with zero attached hydrogens (tertiary/aromatic N) is 4. The summed E-state index contributed by atoms with van der Waals surface area (Å²) in [6.45, 7) is 0.366. The van der Waals surface area contributed by atoms with Gasteiger partial charge in [0.1, 0.15) is 11.6 Å². The maximum absolute atomic E-state index is 12.8. The summed E-state index contributed by atoms with van der Waals surface area (Å²) in [7, 11) is 0. The van der Waals surface area contributed by atoms with Crippen LogP contribution in [0.4, 0.5) is 5.69 Å². The molecule has 1 aromatic carbocycles. The molecule has 0 aliphatic carbocycles. The Morgan fingerprint density at radius 3 is 2.89 bits per heavy atom. The van der Waals surface area contributed by atoms with Crippen molar-refractivity contribution >= 4 is 33.1 Å². The summed E-state index contributed by atoms with van der Waals surface area (Å²) in [6.07, 6.45) is 2.79. The molecular weight excluding hydrogens is 368 g/mol. The van der Waals surface area contributed by atoms with Crippen LogP contribution in [0.5, 0.6) is 0 Å². The fourth-order valence-electron chi connectivity index (χ4n) is 3.34. The molecule has 27 heavy (non-hydrogen) atoms. The van der Waals surface area contributed by atoms with Gasteiger partial charge in [-0.25, -0.2) is 4.98 Å². The Kier molecular flexibility index (Phi) is 4.44. The number of thiazole rings is 1. The second-order valence-corrected chi connectivity index (χ2v) is 7.44. The zero-order chi connectivity index (χ0) is 19.0. The fraction of sp³-hybridized carbons (Fsp3) is 0.278. The van der Waals surface area contributed by atoms with E-state index in [1.54, 1.807) is 16.2 Å². The summed E-state index contributed by atoms with van der Waals surface area (Å²) >= 11 is 1.57. The van der Waals surface area contributed by atoms with Crippen LogP contribution in [-0.4, -0.2) is 31.8 Å². The quantitative estimate of drug-likeness (QED) is 0.509. The number of likely N-dealkylation sites (tertiary alicyclic amines) is 1. The van der Waals surface area contributed by atoms with Gasteiger partial charge in [0.25, 0.3) is 11.2 Å². The molecule has 0 saturated carbocycles. The van der Waals surface area contributed by atoms with Crippen LogP contribution in [-0.2, 0) is 11.3 Å². The number of hydrogen-bond acceptors (Lipinski definition) is 6. The van der Waals surface area contributed by atoms with Crippen LogP contribution in [0.2, 0.25) is 0 Å². The predicted octanol–water partition coefficient (Wildman–Crippen LogP) is 2.73. The second kappa shape index (κ2) is 6.92. The van der Waals surface area contributed by atoms with Crippen LogP contribution in [0.15, 0.2) is 47.4 Å². The normalized spacial score (nSPS) is 16.7. The average Bonchev–Trinajstić information content (AvgIpc) is 3.29. The highest BCUT2D eigenvalue weighted by Crippen LogP contribution is 2.36.